The monoisotopic (exact) mass is 306 g/mol. The highest BCUT2D eigenvalue weighted by Crippen LogP contribution is 2.41. The van der Waals surface area contributed by atoms with Gasteiger partial charge in [-0.2, -0.15) is 0 Å². The maximum atomic E-state index is 12.2. The van der Waals surface area contributed by atoms with Crippen molar-refractivity contribution < 1.29 is 19.1 Å². The molecule has 2 fully saturated rings. The number of amides is 1. The molecule has 2 saturated heterocycles. The van der Waals surface area contributed by atoms with Crippen LogP contribution >= 0.6 is 12.4 Å². The zero-order chi connectivity index (χ0) is 14.3. The van der Waals surface area contributed by atoms with Crippen molar-refractivity contribution in [2.24, 2.45) is 5.41 Å². The summed E-state index contributed by atoms with van der Waals surface area (Å²) in [5, 5.41) is 3.18. The topological polar surface area (TPSA) is 67.9 Å². The van der Waals surface area contributed by atoms with Crippen molar-refractivity contribution in [3.8, 4) is 0 Å². The van der Waals surface area contributed by atoms with E-state index in [2.05, 4.69) is 5.32 Å². The standard InChI is InChI=1S/C13H22N2O4.ClH/c1-12(2,3)19-11(17)15-6-5-13(10(16)18-4)8-14-7-9(13)15;/h9,14H,5-8H2,1-4H3;1H/t9-,13-;/m0./s1. The van der Waals surface area contributed by atoms with Gasteiger partial charge in [-0.1, -0.05) is 0 Å². The van der Waals surface area contributed by atoms with Crippen LogP contribution in [0.25, 0.3) is 0 Å². The molecular weight excluding hydrogens is 284 g/mol. The van der Waals surface area contributed by atoms with Crippen molar-refractivity contribution in [1.82, 2.24) is 10.2 Å². The van der Waals surface area contributed by atoms with Crippen LogP contribution in [0, 0.1) is 5.41 Å². The van der Waals surface area contributed by atoms with E-state index >= 15 is 0 Å². The number of methoxy groups -OCH3 is 1. The highest BCUT2D eigenvalue weighted by Gasteiger charge is 2.58. The minimum atomic E-state index is -0.606. The minimum absolute atomic E-state index is 0. The van der Waals surface area contributed by atoms with Crippen molar-refractivity contribution in [2.75, 3.05) is 26.7 Å². The van der Waals surface area contributed by atoms with Gasteiger partial charge in [0.05, 0.1) is 13.2 Å². The summed E-state index contributed by atoms with van der Waals surface area (Å²) in [6, 6.07) is -0.171. The predicted molar refractivity (Wildman–Crippen MR) is 75.9 cm³/mol. The molecular formula is C13H23ClN2O4. The lowest BCUT2D eigenvalue weighted by atomic mass is 9.83. The van der Waals surface area contributed by atoms with Gasteiger partial charge in [-0.25, -0.2) is 4.79 Å². The number of carbonyl (C=O) groups is 2. The van der Waals surface area contributed by atoms with E-state index < -0.39 is 11.0 Å². The van der Waals surface area contributed by atoms with E-state index in [0.717, 1.165) is 0 Å². The van der Waals surface area contributed by atoms with E-state index in [-0.39, 0.29) is 30.5 Å². The van der Waals surface area contributed by atoms with Crippen molar-refractivity contribution in [3.05, 3.63) is 0 Å². The quantitative estimate of drug-likeness (QED) is 0.737. The highest BCUT2D eigenvalue weighted by molar-refractivity contribution is 5.85. The first-order valence-electron chi connectivity index (χ1n) is 6.59. The molecule has 0 aromatic carbocycles. The fourth-order valence-corrected chi connectivity index (χ4v) is 2.94. The largest absolute Gasteiger partial charge is 0.468 e. The molecule has 0 aromatic heterocycles. The van der Waals surface area contributed by atoms with Gasteiger partial charge < -0.3 is 19.7 Å². The van der Waals surface area contributed by atoms with Gasteiger partial charge in [0, 0.05) is 19.6 Å². The molecule has 0 aliphatic carbocycles. The third-order valence-corrected chi connectivity index (χ3v) is 3.81. The molecule has 20 heavy (non-hydrogen) atoms. The predicted octanol–water partition coefficient (Wildman–Crippen LogP) is 1.18. The second-order valence-electron chi connectivity index (χ2n) is 6.22. The number of fused-ring (bicyclic) bond motifs is 1. The molecule has 0 bridgehead atoms. The van der Waals surface area contributed by atoms with Crippen LogP contribution in [0.2, 0.25) is 0 Å². The third-order valence-electron chi connectivity index (χ3n) is 3.81. The molecule has 2 heterocycles. The summed E-state index contributed by atoms with van der Waals surface area (Å²) in [4.78, 5) is 25.9. The molecule has 0 unspecified atom stereocenters. The van der Waals surface area contributed by atoms with Crippen molar-refractivity contribution in [2.45, 2.75) is 38.8 Å². The average Bonchev–Trinajstić information content (AvgIpc) is 2.83. The number of ether oxygens (including phenoxy) is 2. The first-order valence-corrected chi connectivity index (χ1v) is 6.59. The van der Waals surface area contributed by atoms with Crippen molar-refractivity contribution >= 4 is 24.5 Å². The summed E-state index contributed by atoms with van der Waals surface area (Å²) in [5.74, 6) is -0.242. The van der Waals surface area contributed by atoms with Crippen LogP contribution in [0.1, 0.15) is 27.2 Å². The van der Waals surface area contributed by atoms with Gasteiger partial charge in [-0.15, -0.1) is 12.4 Å². The molecule has 2 rings (SSSR count). The number of esters is 1. The van der Waals surface area contributed by atoms with Crippen molar-refractivity contribution in [3.63, 3.8) is 0 Å². The Kier molecular flexibility index (Phi) is 4.92. The van der Waals surface area contributed by atoms with Gasteiger partial charge in [-0.05, 0) is 27.2 Å². The molecule has 0 aromatic rings. The van der Waals surface area contributed by atoms with Gasteiger partial charge in [0.15, 0.2) is 0 Å². The molecule has 2 aliphatic rings. The highest BCUT2D eigenvalue weighted by atomic mass is 35.5. The van der Waals surface area contributed by atoms with Crippen LogP contribution < -0.4 is 5.32 Å². The maximum absolute atomic E-state index is 12.2. The van der Waals surface area contributed by atoms with E-state index in [0.29, 0.717) is 26.1 Å². The number of carbonyl (C=O) groups excluding carboxylic acids is 2. The van der Waals surface area contributed by atoms with Crippen molar-refractivity contribution in [1.29, 1.82) is 0 Å². The van der Waals surface area contributed by atoms with E-state index in [9.17, 15) is 9.59 Å². The maximum Gasteiger partial charge on any atom is 0.410 e. The van der Waals surface area contributed by atoms with Crippen LogP contribution in [0.5, 0.6) is 0 Å². The van der Waals surface area contributed by atoms with Gasteiger partial charge >= 0.3 is 12.1 Å². The molecule has 2 aliphatic heterocycles. The zero-order valence-corrected chi connectivity index (χ0v) is 13.2. The normalized spacial score (nSPS) is 28.6. The summed E-state index contributed by atoms with van der Waals surface area (Å²) in [5.41, 5.74) is -1.13. The summed E-state index contributed by atoms with van der Waals surface area (Å²) < 4.78 is 10.3. The molecule has 7 heteroatoms. The SMILES string of the molecule is COC(=O)[C@]12CCN(C(=O)OC(C)(C)C)[C@H]1CNC2.Cl. The minimum Gasteiger partial charge on any atom is -0.468 e. The van der Waals surface area contributed by atoms with Gasteiger partial charge in [0.25, 0.3) is 0 Å². The third kappa shape index (κ3) is 2.86. The Morgan fingerprint density at radius 2 is 2.00 bits per heavy atom. The molecule has 1 amide bonds. The first kappa shape index (κ1) is 17.0. The molecule has 2 atom stereocenters. The number of likely N-dealkylation sites (tertiary alicyclic amines) is 1. The number of nitrogens with zero attached hydrogens (tertiary/aromatic N) is 1. The Labute approximate surface area is 125 Å². The Bertz CT molecular complexity index is 396. The van der Waals surface area contributed by atoms with E-state index in [1.165, 1.54) is 7.11 Å². The second kappa shape index (κ2) is 5.77. The summed E-state index contributed by atoms with van der Waals surface area (Å²) >= 11 is 0. The number of halogens is 1. The Hall–Kier alpha value is -1.01. The van der Waals surface area contributed by atoms with E-state index in [4.69, 9.17) is 9.47 Å². The molecule has 6 nitrogen and oxygen atoms in total. The Morgan fingerprint density at radius 1 is 1.35 bits per heavy atom. The number of hydrogen-bond acceptors (Lipinski definition) is 5. The lowest BCUT2D eigenvalue weighted by Gasteiger charge is -2.30. The second-order valence-corrected chi connectivity index (χ2v) is 6.22. The van der Waals surface area contributed by atoms with Crippen LogP contribution in [-0.4, -0.2) is 55.3 Å². The molecule has 0 saturated carbocycles. The fourth-order valence-electron chi connectivity index (χ4n) is 2.94. The molecule has 1 N–H and O–H groups in total. The van der Waals surface area contributed by atoms with Gasteiger partial charge in [0.1, 0.15) is 11.0 Å². The van der Waals surface area contributed by atoms with E-state index in [1.54, 1.807) is 4.90 Å². The van der Waals surface area contributed by atoms with Crippen LogP contribution in [0.15, 0.2) is 0 Å². The number of hydrogen-bond donors (Lipinski definition) is 1. The zero-order valence-electron chi connectivity index (χ0n) is 12.4. The van der Waals surface area contributed by atoms with Gasteiger partial charge in [0.2, 0.25) is 0 Å². The average molecular weight is 307 g/mol. The number of nitrogens with one attached hydrogen (secondary N) is 1. The fraction of sp³-hybridized carbons (Fsp3) is 0.846. The van der Waals surface area contributed by atoms with Crippen LogP contribution in [-0.2, 0) is 14.3 Å². The first-order chi connectivity index (χ1) is 8.80. The van der Waals surface area contributed by atoms with Crippen LogP contribution in [0.4, 0.5) is 4.79 Å². The lowest BCUT2D eigenvalue weighted by Crippen LogP contribution is -2.47. The Balaban J connectivity index is 0.00000200. The molecule has 116 valence electrons. The Morgan fingerprint density at radius 3 is 2.55 bits per heavy atom. The molecule has 0 spiro atoms. The van der Waals surface area contributed by atoms with E-state index in [1.807, 2.05) is 20.8 Å². The summed E-state index contributed by atoms with van der Waals surface area (Å²) in [6.45, 7) is 7.21. The lowest BCUT2D eigenvalue weighted by molar-refractivity contribution is -0.152. The molecule has 0 radical (unpaired) electrons. The van der Waals surface area contributed by atoms with Crippen LogP contribution in [0.3, 0.4) is 0 Å². The van der Waals surface area contributed by atoms with Gasteiger partial charge in [-0.3, -0.25) is 4.79 Å². The number of rotatable bonds is 1. The summed E-state index contributed by atoms with van der Waals surface area (Å²) in [6.07, 6.45) is 0.267. The smallest absolute Gasteiger partial charge is 0.410 e. The summed E-state index contributed by atoms with van der Waals surface area (Å²) in [7, 11) is 1.39.